The van der Waals surface area contributed by atoms with Crippen molar-refractivity contribution in [3.05, 3.63) is 50.1 Å². The zero-order chi connectivity index (χ0) is 13.1. The number of aromatic nitrogens is 1. The number of hydrogen-bond donors (Lipinski definition) is 1. The Morgan fingerprint density at radius 2 is 2.11 bits per heavy atom. The molecule has 0 fully saturated rings. The molecule has 1 heterocycles. The molecule has 0 aliphatic rings. The first-order chi connectivity index (χ1) is 8.56. The van der Waals surface area contributed by atoms with Gasteiger partial charge in [-0.25, -0.2) is 9.37 Å². The standard InChI is InChI=1S/C12H10BrFN2OS/c1-7-10(18-12(13)16-7)11(17)15-6-8-2-4-9(14)5-3-8/h2-5H,6H2,1H3,(H,15,17). The number of carbonyl (C=O) groups is 1. The second-order valence-electron chi connectivity index (χ2n) is 3.69. The third kappa shape index (κ3) is 3.14. The minimum Gasteiger partial charge on any atom is -0.347 e. The summed E-state index contributed by atoms with van der Waals surface area (Å²) < 4.78 is 13.4. The fourth-order valence-corrected chi connectivity index (χ4v) is 2.90. The summed E-state index contributed by atoms with van der Waals surface area (Å²) in [4.78, 5) is 16.6. The number of aryl methyl sites for hydroxylation is 1. The SMILES string of the molecule is Cc1nc(Br)sc1C(=O)NCc1ccc(F)cc1. The largest absolute Gasteiger partial charge is 0.347 e. The van der Waals surface area contributed by atoms with Gasteiger partial charge in [0.2, 0.25) is 0 Å². The molecular weight excluding hydrogens is 319 g/mol. The highest BCUT2D eigenvalue weighted by Crippen LogP contribution is 2.22. The lowest BCUT2D eigenvalue weighted by molar-refractivity contribution is 0.0954. The normalized spacial score (nSPS) is 10.4. The number of rotatable bonds is 3. The first kappa shape index (κ1) is 13.2. The second kappa shape index (κ2) is 5.58. The maximum Gasteiger partial charge on any atom is 0.263 e. The number of carbonyl (C=O) groups excluding carboxylic acids is 1. The molecule has 0 radical (unpaired) electrons. The van der Waals surface area contributed by atoms with Crippen molar-refractivity contribution in [3.8, 4) is 0 Å². The molecule has 0 aliphatic heterocycles. The van der Waals surface area contributed by atoms with Crippen LogP contribution in [-0.2, 0) is 6.54 Å². The van der Waals surface area contributed by atoms with Crippen molar-refractivity contribution in [2.24, 2.45) is 0 Å². The minimum absolute atomic E-state index is 0.167. The number of halogens is 2. The van der Waals surface area contributed by atoms with Gasteiger partial charge in [-0.05, 0) is 40.5 Å². The molecule has 2 aromatic rings. The van der Waals surface area contributed by atoms with Crippen molar-refractivity contribution in [2.45, 2.75) is 13.5 Å². The minimum atomic E-state index is -0.285. The van der Waals surface area contributed by atoms with Crippen LogP contribution < -0.4 is 5.32 Å². The van der Waals surface area contributed by atoms with Gasteiger partial charge < -0.3 is 5.32 Å². The number of nitrogens with one attached hydrogen (secondary N) is 1. The van der Waals surface area contributed by atoms with Crippen LogP contribution in [0.5, 0.6) is 0 Å². The van der Waals surface area contributed by atoms with Gasteiger partial charge in [0.1, 0.15) is 10.7 Å². The third-order valence-electron chi connectivity index (χ3n) is 2.34. The molecule has 0 unspecified atom stereocenters. The fraction of sp³-hybridized carbons (Fsp3) is 0.167. The molecule has 3 nitrogen and oxygen atoms in total. The Kier molecular flexibility index (Phi) is 4.08. The van der Waals surface area contributed by atoms with E-state index < -0.39 is 0 Å². The quantitative estimate of drug-likeness (QED) is 0.939. The molecule has 6 heteroatoms. The maximum atomic E-state index is 12.7. The maximum absolute atomic E-state index is 12.7. The molecule has 2 rings (SSSR count). The highest BCUT2D eigenvalue weighted by atomic mass is 79.9. The van der Waals surface area contributed by atoms with E-state index in [1.165, 1.54) is 23.5 Å². The summed E-state index contributed by atoms with van der Waals surface area (Å²) >= 11 is 4.53. The molecule has 1 N–H and O–H groups in total. The Morgan fingerprint density at radius 3 is 2.67 bits per heavy atom. The fourth-order valence-electron chi connectivity index (χ4n) is 1.44. The van der Waals surface area contributed by atoms with E-state index in [0.717, 1.165) is 5.56 Å². The highest BCUT2D eigenvalue weighted by Gasteiger charge is 2.13. The number of benzene rings is 1. The lowest BCUT2D eigenvalue weighted by Gasteiger charge is -2.04. The molecule has 1 aromatic carbocycles. The molecule has 0 bridgehead atoms. The molecule has 94 valence electrons. The first-order valence-corrected chi connectivity index (χ1v) is 6.83. The van der Waals surface area contributed by atoms with Crippen LogP contribution in [0.2, 0.25) is 0 Å². The average molecular weight is 329 g/mol. The van der Waals surface area contributed by atoms with Crippen molar-refractivity contribution in [1.82, 2.24) is 10.3 Å². The van der Waals surface area contributed by atoms with E-state index in [4.69, 9.17) is 0 Å². The Bertz CT molecular complexity index is 568. The lowest BCUT2D eigenvalue weighted by atomic mass is 10.2. The molecule has 1 aromatic heterocycles. The van der Waals surface area contributed by atoms with Crippen molar-refractivity contribution < 1.29 is 9.18 Å². The van der Waals surface area contributed by atoms with Crippen LogP contribution in [0.3, 0.4) is 0 Å². The van der Waals surface area contributed by atoms with Crippen LogP contribution in [0.15, 0.2) is 28.2 Å². The summed E-state index contributed by atoms with van der Waals surface area (Å²) in [6, 6.07) is 6.03. The topological polar surface area (TPSA) is 42.0 Å². The smallest absolute Gasteiger partial charge is 0.263 e. The van der Waals surface area contributed by atoms with E-state index in [-0.39, 0.29) is 11.7 Å². The molecule has 0 atom stereocenters. The highest BCUT2D eigenvalue weighted by molar-refractivity contribution is 9.11. The van der Waals surface area contributed by atoms with Crippen LogP contribution in [0, 0.1) is 12.7 Å². The summed E-state index contributed by atoms with van der Waals surface area (Å²) in [5, 5.41) is 2.78. The Balaban J connectivity index is 2.00. The Labute approximate surface area is 116 Å². The summed E-state index contributed by atoms with van der Waals surface area (Å²) in [6.07, 6.45) is 0. The predicted octanol–water partition coefficient (Wildman–Crippen LogP) is 3.28. The van der Waals surface area contributed by atoms with Gasteiger partial charge in [0.25, 0.3) is 5.91 Å². The van der Waals surface area contributed by atoms with Gasteiger partial charge in [0, 0.05) is 6.54 Å². The van der Waals surface area contributed by atoms with Gasteiger partial charge in [-0.1, -0.05) is 12.1 Å². The average Bonchev–Trinajstić information content (AvgIpc) is 2.67. The van der Waals surface area contributed by atoms with Crippen molar-refractivity contribution >= 4 is 33.2 Å². The predicted molar refractivity (Wildman–Crippen MR) is 72.1 cm³/mol. The van der Waals surface area contributed by atoms with Gasteiger partial charge in [-0.15, -0.1) is 11.3 Å². The van der Waals surface area contributed by atoms with Crippen LogP contribution in [-0.4, -0.2) is 10.9 Å². The van der Waals surface area contributed by atoms with Gasteiger partial charge in [-0.3, -0.25) is 4.79 Å². The van der Waals surface area contributed by atoms with E-state index in [1.807, 2.05) is 0 Å². The number of nitrogens with zero attached hydrogens (tertiary/aromatic N) is 1. The number of thiazole rings is 1. The lowest BCUT2D eigenvalue weighted by Crippen LogP contribution is -2.22. The molecular formula is C12H10BrFN2OS. The van der Waals surface area contributed by atoms with Crippen LogP contribution in [0.4, 0.5) is 4.39 Å². The monoisotopic (exact) mass is 328 g/mol. The Hall–Kier alpha value is -1.27. The molecule has 0 saturated heterocycles. The van der Waals surface area contributed by atoms with E-state index in [0.29, 0.717) is 21.0 Å². The number of hydrogen-bond acceptors (Lipinski definition) is 3. The number of amides is 1. The summed E-state index contributed by atoms with van der Waals surface area (Å²) in [5.41, 5.74) is 1.55. The van der Waals surface area contributed by atoms with E-state index in [9.17, 15) is 9.18 Å². The molecule has 0 spiro atoms. The third-order valence-corrected chi connectivity index (χ3v) is 3.95. The van der Waals surface area contributed by atoms with Crippen LogP contribution in [0.1, 0.15) is 20.9 Å². The zero-order valence-electron chi connectivity index (χ0n) is 9.54. The van der Waals surface area contributed by atoms with Crippen molar-refractivity contribution in [1.29, 1.82) is 0 Å². The second-order valence-corrected chi connectivity index (χ2v) is 5.97. The van der Waals surface area contributed by atoms with Crippen molar-refractivity contribution in [2.75, 3.05) is 0 Å². The van der Waals surface area contributed by atoms with Gasteiger partial charge in [-0.2, -0.15) is 0 Å². The molecule has 1 amide bonds. The van der Waals surface area contributed by atoms with Gasteiger partial charge in [0.05, 0.1) is 5.69 Å². The molecule has 0 aliphatic carbocycles. The molecule has 0 saturated carbocycles. The molecule has 18 heavy (non-hydrogen) atoms. The summed E-state index contributed by atoms with van der Waals surface area (Å²) in [5.74, 6) is -0.452. The van der Waals surface area contributed by atoms with Crippen molar-refractivity contribution in [3.63, 3.8) is 0 Å². The zero-order valence-corrected chi connectivity index (χ0v) is 11.9. The van der Waals surface area contributed by atoms with Crippen LogP contribution in [0.25, 0.3) is 0 Å². The van der Waals surface area contributed by atoms with E-state index in [2.05, 4.69) is 26.2 Å². The van der Waals surface area contributed by atoms with Gasteiger partial charge in [0.15, 0.2) is 3.92 Å². The Morgan fingerprint density at radius 1 is 1.44 bits per heavy atom. The summed E-state index contributed by atoms with van der Waals surface area (Å²) in [7, 11) is 0. The summed E-state index contributed by atoms with van der Waals surface area (Å²) in [6.45, 7) is 2.15. The van der Waals surface area contributed by atoms with E-state index in [1.54, 1.807) is 19.1 Å². The van der Waals surface area contributed by atoms with Gasteiger partial charge >= 0.3 is 0 Å². The first-order valence-electron chi connectivity index (χ1n) is 5.22. The van der Waals surface area contributed by atoms with E-state index >= 15 is 0 Å². The van der Waals surface area contributed by atoms with Crippen LogP contribution >= 0.6 is 27.3 Å².